The van der Waals surface area contributed by atoms with Crippen molar-refractivity contribution in [2.75, 3.05) is 6.54 Å². The van der Waals surface area contributed by atoms with Gasteiger partial charge in [-0.3, -0.25) is 9.67 Å². The van der Waals surface area contributed by atoms with Crippen LogP contribution in [0.2, 0.25) is 0 Å². The lowest BCUT2D eigenvalue weighted by molar-refractivity contribution is 0.568. The van der Waals surface area contributed by atoms with Gasteiger partial charge in [-0.2, -0.15) is 5.10 Å². The van der Waals surface area contributed by atoms with Crippen LogP contribution < -0.4 is 4.72 Å². The molecule has 3 aromatic rings. The maximum Gasteiger partial charge on any atom is 0.233 e. The quantitative estimate of drug-likeness (QED) is 0.696. The lowest BCUT2D eigenvalue weighted by Gasteiger charge is -2.03. The fraction of sp³-hybridized carbons (Fsp3) is 0.158. The van der Waals surface area contributed by atoms with E-state index in [1.165, 1.54) is 5.41 Å². The summed E-state index contributed by atoms with van der Waals surface area (Å²) in [4.78, 5) is 3.98. The molecule has 0 saturated heterocycles. The maximum atomic E-state index is 12.1. The van der Waals surface area contributed by atoms with Gasteiger partial charge in [-0.1, -0.05) is 29.8 Å². The van der Waals surface area contributed by atoms with Crippen molar-refractivity contribution < 1.29 is 8.42 Å². The Morgan fingerprint density at radius 3 is 2.54 bits per heavy atom. The molecule has 0 atom stereocenters. The molecule has 26 heavy (non-hydrogen) atoms. The Kier molecular flexibility index (Phi) is 5.60. The van der Waals surface area contributed by atoms with Gasteiger partial charge in [0.05, 0.1) is 12.2 Å². The van der Waals surface area contributed by atoms with E-state index in [9.17, 15) is 8.42 Å². The summed E-state index contributed by atoms with van der Waals surface area (Å²) in [5, 5.41) is 5.62. The Morgan fingerprint density at radius 1 is 1.08 bits per heavy atom. The van der Waals surface area contributed by atoms with Crippen LogP contribution in [0, 0.1) is 6.92 Å². The van der Waals surface area contributed by atoms with Crippen LogP contribution in [-0.4, -0.2) is 29.7 Å². The first-order valence-corrected chi connectivity index (χ1v) is 9.75. The molecule has 2 aromatic heterocycles. The summed E-state index contributed by atoms with van der Waals surface area (Å²) in [6.45, 7) is 2.70. The van der Waals surface area contributed by atoms with Crippen molar-refractivity contribution in [3.05, 3.63) is 77.6 Å². The molecule has 1 aromatic carbocycles. The molecule has 0 radical (unpaired) electrons. The van der Waals surface area contributed by atoms with E-state index in [-0.39, 0.29) is 6.54 Å². The van der Waals surface area contributed by atoms with Crippen molar-refractivity contribution in [1.82, 2.24) is 19.5 Å². The number of rotatable bonds is 7. The molecule has 6 nitrogen and oxygen atoms in total. The van der Waals surface area contributed by atoms with Crippen LogP contribution in [0.25, 0.3) is 17.3 Å². The van der Waals surface area contributed by atoms with E-state index in [1.54, 1.807) is 23.2 Å². The molecular weight excluding hydrogens is 348 g/mol. The number of hydrogen-bond acceptors (Lipinski definition) is 4. The number of benzene rings is 1. The zero-order valence-corrected chi connectivity index (χ0v) is 15.2. The van der Waals surface area contributed by atoms with E-state index < -0.39 is 10.0 Å². The Hall–Kier alpha value is -2.77. The number of pyridine rings is 1. The van der Waals surface area contributed by atoms with Crippen LogP contribution in [0.3, 0.4) is 0 Å². The molecule has 0 aliphatic carbocycles. The predicted octanol–water partition coefficient (Wildman–Crippen LogP) is 2.84. The largest absolute Gasteiger partial charge is 0.271 e. The van der Waals surface area contributed by atoms with Crippen LogP contribution in [0.1, 0.15) is 11.1 Å². The second-order valence-corrected chi connectivity index (χ2v) is 7.50. The highest BCUT2D eigenvalue weighted by Crippen LogP contribution is 2.14. The number of aryl methyl sites for hydroxylation is 1. The highest BCUT2D eigenvalue weighted by molar-refractivity contribution is 7.92. The summed E-state index contributed by atoms with van der Waals surface area (Å²) in [6.07, 6.45) is 6.83. The molecule has 0 aliphatic heterocycles. The van der Waals surface area contributed by atoms with Crippen molar-refractivity contribution >= 4 is 16.1 Å². The average molecular weight is 368 g/mol. The van der Waals surface area contributed by atoms with E-state index in [1.807, 2.05) is 55.6 Å². The minimum atomic E-state index is -3.49. The molecule has 3 rings (SSSR count). The van der Waals surface area contributed by atoms with Crippen molar-refractivity contribution in [1.29, 1.82) is 0 Å². The summed E-state index contributed by atoms with van der Waals surface area (Å²) < 4.78 is 28.4. The van der Waals surface area contributed by atoms with Gasteiger partial charge >= 0.3 is 0 Å². The van der Waals surface area contributed by atoms with Gasteiger partial charge in [0.1, 0.15) is 0 Å². The summed E-state index contributed by atoms with van der Waals surface area (Å²) in [5.74, 6) is 0. The number of nitrogens with zero attached hydrogens (tertiary/aromatic N) is 3. The van der Waals surface area contributed by atoms with Crippen molar-refractivity contribution in [2.24, 2.45) is 0 Å². The van der Waals surface area contributed by atoms with Gasteiger partial charge in [-0.25, -0.2) is 13.1 Å². The first kappa shape index (κ1) is 18.0. The Labute approximate surface area is 153 Å². The second-order valence-electron chi connectivity index (χ2n) is 5.85. The van der Waals surface area contributed by atoms with Gasteiger partial charge in [0, 0.05) is 36.1 Å². The summed E-state index contributed by atoms with van der Waals surface area (Å²) >= 11 is 0. The molecule has 0 fully saturated rings. The van der Waals surface area contributed by atoms with Gasteiger partial charge < -0.3 is 0 Å². The summed E-state index contributed by atoms with van der Waals surface area (Å²) in [7, 11) is -3.49. The smallest absolute Gasteiger partial charge is 0.233 e. The average Bonchev–Trinajstić information content (AvgIpc) is 3.11. The summed E-state index contributed by atoms with van der Waals surface area (Å²) in [5.41, 5.74) is 3.78. The Balaban J connectivity index is 1.54. The first-order valence-electron chi connectivity index (χ1n) is 8.20. The third-order valence-electron chi connectivity index (χ3n) is 3.78. The number of sulfonamides is 1. The van der Waals surface area contributed by atoms with Gasteiger partial charge in [0.25, 0.3) is 0 Å². The number of hydrogen-bond donors (Lipinski definition) is 1. The molecule has 0 aliphatic rings. The highest BCUT2D eigenvalue weighted by atomic mass is 32.2. The van der Waals surface area contributed by atoms with Crippen LogP contribution in [0.15, 0.2) is 66.5 Å². The fourth-order valence-corrected chi connectivity index (χ4v) is 3.17. The van der Waals surface area contributed by atoms with Gasteiger partial charge in [0.15, 0.2) is 0 Å². The first-order chi connectivity index (χ1) is 12.5. The summed E-state index contributed by atoms with van der Waals surface area (Å²) in [6, 6.07) is 13.3. The lowest BCUT2D eigenvalue weighted by Crippen LogP contribution is -2.25. The normalized spacial score (nSPS) is 11.9. The monoisotopic (exact) mass is 368 g/mol. The second kappa shape index (κ2) is 8.07. The SMILES string of the molecule is Cc1ccc(/C=C/S(=O)(=O)NCCn2ccc(-c3ccncc3)n2)cc1. The lowest BCUT2D eigenvalue weighted by atomic mass is 10.2. The van der Waals surface area contributed by atoms with Crippen LogP contribution >= 0.6 is 0 Å². The molecule has 0 saturated carbocycles. The van der Waals surface area contributed by atoms with Crippen LogP contribution in [-0.2, 0) is 16.6 Å². The minimum absolute atomic E-state index is 0.262. The number of nitrogens with one attached hydrogen (secondary N) is 1. The predicted molar refractivity (Wildman–Crippen MR) is 103 cm³/mol. The zero-order valence-electron chi connectivity index (χ0n) is 14.4. The molecule has 7 heteroatoms. The zero-order chi connectivity index (χ0) is 18.4. The van der Waals surface area contributed by atoms with E-state index in [2.05, 4.69) is 14.8 Å². The maximum absolute atomic E-state index is 12.1. The van der Waals surface area contributed by atoms with Gasteiger partial charge in [0.2, 0.25) is 10.0 Å². The molecule has 134 valence electrons. The molecule has 1 N–H and O–H groups in total. The van der Waals surface area contributed by atoms with E-state index in [4.69, 9.17) is 0 Å². The Bertz CT molecular complexity index is 978. The minimum Gasteiger partial charge on any atom is -0.271 e. The molecule has 0 amide bonds. The van der Waals surface area contributed by atoms with Crippen LogP contribution in [0.4, 0.5) is 0 Å². The van der Waals surface area contributed by atoms with Crippen molar-refractivity contribution in [3.8, 4) is 11.3 Å². The molecule has 0 bridgehead atoms. The highest BCUT2D eigenvalue weighted by Gasteiger charge is 2.06. The van der Waals surface area contributed by atoms with Gasteiger partial charge in [-0.05, 0) is 36.8 Å². The van der Waals surface area contributed by atoms with E-state index >= 15 is 0 Å². The molecule has 0 unspecified atom stereocenters. The topological polar surface area (TPSA) is 76.9 Å². The molecule has 0 spiro atoms. The third kappa shape index (κ3) is 5.11. The van der Waals surface area contributed by atoms with Crippen molar-refractivity contribution in [3.63, 3.8) is 0 Å². The van der Waals surface area contributed by atoms with Gasteiger partial charge in [-0.15, -0.1) is 0 Å². The molecular formula is C19H20N4O2S. The standard InChI is InChI=1S/C19H20N4O2S/c1-16-2-4-17(5-3-16)9-15-26(24,25)21-12-14-23-13-8-19(22-23)18-6-10-20-11-7-18/h2-11,13,15,21H,12,14H2,1H3/b15-9+. The molecule has 2 heterocycles. The Morgan fingerprint density at radius 2 is 1.81 bits per heavy atom. The van der Waals surface area contributed by atoms with Crippen molar-refractivity contribution in [2.45, 2.75) is 13.5 Å². The van der Waals surface area contributed by atoms with Crippen LogP contribution in [0.5, 0.6) is 0 Å². The fourth-order valence-electron chi connectivity index (χ4n) is 2.36. The number of aromatic nitrogens is 3. The van der Waals surface area contributed by atoms with E-state index in [0.29, 0.717) is 6.54 Å². The third-order valence-corrected chi connectivity index (χ3v) is 4.88. The van der Waals surface area contributed by atoms with E-state index in [0.717, 1.165) is 22.4 Å².